The average molecular weight is 244 g/mol. The van der Waals surface area contributed by atoms with Crippen LogP contribution < -0.4 is 5.73 Å². The summed E-state index contributed by atoms with van der Waals surface area (Å²) in [6, 6.07) is 4.64. The highest BCUT2D eigenvalue weighted by Gasteiger charge is 2.16. The molecule has 0 aliphatic rings. The maximum atomic E-state index is 11.0. The van der Waals surface area contributed by atoms with E-state index in [9.17, 15) is 9.90 Å². The predicted molar refractivity (Wildman–Crippen MR) is 54.9 cm³/mol. The smallest absolute Gasteiger partial charge is 0.147 e. The minimum atomic E-state index is -0.490. The van der Waals surface area contributed by atoms with Crippen molar-refractivity contribution in [1.29, 1.82) is 0 Å². The second kappa shape index (κ2) is 3.79. The SMILES string of the molecule is CC(=O)C(Br)c1cc(N)ccc1O. The van der Waals surface area contributed by atoms with Gasteiger partial charge in [-0.1, -0.05) is 15.9 Å². The summed E-state index contributed by atoms with van der Waals surface area (Å²) in [7, 11) is 0. The molecular weight excluding hydrogens is 234 g/mol. The van der Waals surface area contributed by atoms with Crippen molar-refractivity contribution in [3.8, 4) is 5.75 Å². The van der Waals surface area contributed by atoms with Crippen molar-refractivity contribution in [1.82, 2.24) is 0 Å². The van der Waals surface area contributed by atoms with Crippen LogP contribution in [-0.2, 0) is 4.79 Å². The molecule has 0 amide bonds. The summed E-state index contributed by atoms with van der Waals surface area (Å²) >= 11 is 3.17. The first-order valence-electron chi connectivity index (χ1n) is 3.75. The number of hydrogen-bond donors (Lipinski definition) is 2. The molecule has 0 aliphatic carbocycles. The zero-order valence-electron chi connectivity index (χ0n) is 7.12. The molecule has 0 saturated heterocycles. The van der Waals surface area contributed by atoms with Crippen LogP contribution in [0.4, 0.5) is 5.69 Å². The standard InChI is InChI=1S/C9H10BrNO2/c1-5(12)9(10)7-4-6(11)2-3-8(7)13/h2-4,9,13H,11H2,1H3. The van der Waals surface area contributed by atoms with E-state index in [2.05, 4.69) is 15.9 Å². The monoisotopic (exact) mass is 243 g/mol. The maximum Gasteiger partial charge on any atom is 0.147 e. The molecule has 0 aliphatic heterocycles. The number of anilines is 1. The first kappa shape index (κ1) is 10.1. The molecule has 1 rings (SSSR count). The van der Waals surface area contributed by atoms with Gasteiger partial charge in [-0.05, 0) is 25.1 Å². The van der Waals surface area contributed by atoms with E-state index in [0.717, 1.165) is 0 Å². The van der Waals surface area contributed by atoms with Crippen molar-refractivity contribution in [3.05, 3.63) is 23.8 Å². The highest BCUT2D eigenvalue weighted by Crippen LogP contribution is 2.32. The number of hydrogen-bond acceptors (Lipinski definition) is 3. The van der Waals surface area contributed by atoms with Gasteiger partial charge in [-0.15, -0.1) is 0 Å². The summed E-state index contributed by atoms with van der Waals surface area (Å²) in [5.74, 6) is 0.00664. The van der Waals surface area contributed by atoms with Crippen LogP contribution in [0.5, 0.6) is 5.75 Å². The van der Waals surface area contributed by atoms with Gasteiger partial charge in [-0.2, -0.15) is 0 Å². The van der Waals surface area contributed by atoms with Crippen LogP contribution in [0.3, 0.4) is 0 Å². The van der Waals surface area contributed by atoms with Crippen LogP contribution in [-0.4, -0.2) is 10.9 Å². The lowest BCUT2D eigenvalue weighted by atomic mass is 10.1. The molecule has 70 valence electrons. The number of phenols is 1. The third-order valence-corrected chi connectivity index (χ3v) is 2.82. The van der Waals surface area contributed by atoms with Crippen molar-refractivity contribution in [2.45, 2.75) is 11.8 Å². The van der Waals surface area contributed by atoms with Gasteiger partial charge in [0.25, 0.3) is 0 Å². The van der Waals surface area contributed by atoms with E-state index in [-0.39, 0.29) is 11.5 Å². The lowest BCUT2D eigenvalue weighted by Gasteiger charge is -2.09. The summed E-state index contributed by atoms with van der Waals surface area (Å²) in [5.41, 5.74) is 6.56. The zero-order valence-corrected chi connectivity index (χ0v) is 8.71. The first-order chi connectivity index (χ1) is 6.02. The number of ketones is 1. The topological polar surface area (TPSA) is 63.3 Å². The van der Waals surface area contributed by atoms with Gasteiger partial charge in [0.2, 0.25) is 0 Å². The van der Waals surface area contributed by atoms with Gasteiger partial charge in [0.05, 0.1) is 0 Å². The number of benzene rings is 1. The van der Waals surface area contributed by atoms with E-state index >= 15 is 0 Å². The summed E-state index contributed by atoms with van der Waals surface area (Å²) in [6.45, 7) is 1.45. The number of nitrogens with two attached hydrogens (primary N) is 1. The van der Waals surface area contributed by atoms with E-state index in [0.29, 0.717) is 11.3 Å². The number of Topliss-reactive ketones (excluding diaryl/α,β-unsaturated/α-hetero) is 1. The first-order valence-corrected chi connectivity index (χ1v) is 4.67. The van der Waals surface area contributed by atoms with Crippen molar-refractivity contribution in [2.24, 2.45) is 0 Å². The van der Waals surface area contributed by atoms with Crippen LogP contribution >= 0.6 is 15.9 Å². The molecule has 0 aromatic heterocycles. The summed E-state index contributed by atoms with van der Waals surface area (Å²) in [6.07, 6.45) is 0. The molecule has 0 heterocycles. The Labute approximate surface area is 84.7 Å². The van der Waals surface area contributed by atoms with Crippen LogP contribution in [0.15, 0.2) is 18.2 Å². The highest BCUT2D eigenvalue weighted by atomic mass is 79.9. The number of nitrogen functional groups attached to an aromatic ring is 1. The van der Waals surface area contributed by atoms with E-state index in [1.165, 1.54) is 13.0 Å². The van der Waals surface area contributed by atoms with Gasteiger partial charge in [-0.3, -0.25) is 4.79 Å². The fourth-order valence-electron chi connectivity index (χ4n) is 0.995. The van der Waals surface area contributed by atoms with E-state index < -0.39 is 4.83 Å². The summed E-state index contributed by atoms with van der Waals surface area (Å²) < 4.78 is 0. The molecule has 0 fully saturated rings. The Balaban J connectivity index is 3.12. The highest BCUT2D eigenvalue weighted by molar-refractivity contribution is 9.09. The number of aromatic hydroxyl groups is 1. The van der Waals surface area contributed by atoms with Gasteiger partial charge < -0.3 is 10.8 Å². The normalized spacial score (nSPS) is 12.5. The van der Waals surface area contributed by atoms with Gasteiger partial charge in [-0.25, -0.2) is 0 Å². The summed E-state index contributed by atoms with van der Waals surface area (Å²) in [5, 5.41) is 9.42. The number of rotatable bonds is 2. The Hall–Kier alpha value is -1.03. The lowest BCUT2D eigenvalue weighted by Crippen LogP contribution is -2.02. The number of phenolic OH excluding ortho intramolecular Hbond substituents is 1. The number of alkyl halides is 1. The fourth-order valence-corrected chi connectivity index (χ4v) is 1.36. The molecule has 0 bridgehead atoms. The van der Waals surface area contributed by atoms with Gasteiger partial charge in [0.1, 0.15) is 16.4 Å². The number of carbonyl (C=O) groups is 1. The van der Waals surface area contributed by atoms with Crippen molar-refractivity contribution >= 4 is 27.4 Å². The van der Waals surface area contributed by atoms with E-state index in [1.54, 1.807) is 12.1 Å². The Morgan fingerprint density at radius 2 is 2.23 bits per heavy atom. The number of carbonyl (C=O) groups excluding carboxylic acids is 1. The van der Waals surface area contributed by atoms with Crippen LogP contribution in [0.1, 0.15) is 17.3 Å². The molecule has 3 nitrogen and oxygen atoms in total. The quantitative estimate of drug-likeness (QED) is 0.475. The molecule has 13 heavy (non-hydrogen) atoms. The minimum Gasteiger partial charge on any atom is -0.508 e. The van der Waals surface area contributed by atoms with Gasteiger partial charge in [0, 0.05) is 11.3 Å². The van der Waals surface area contributed by atoms with Crippen LogP contribution in [0.2, 0.25) is 0 Å². The molecule has 4 heteroatoms. The minimum absolute atomic E-state index is 0.0686. The van der Waals surface area contributed by atoms with Gasteiger partial charge in [0.15, 0.2) is 0 Å². The predicted octanol–water partition coefficient (Wildman–Crippen LogP) is 2.00. The van der Waals surface area contributed by atoms with Crippen molar-refractivity contribution < 1.29 is 9.90 Å². The van der Waals surface area contributed by atoms with Crippen LogP contribution in [0.25, 0.3) is 0 Å². The van der Waals surface area contributed by atoms with Crippen molar-refractivity contribution in [3.63, 3.8) is 0 Å². The molecular formula is C9H10BrNO2. The molecule has 0 radical (unpaired) electrons. The third-order valence-electron chi connectivity index (χ3n) is 1.68. The van der Waals surface area contributed by atoms with E-state index in [4.69, 9.17) is 5.73 Å². The Bertz CT molecular complexity index is 338. The fraction of sp³-hybridized carbons (Fsp3) is 0.222. The second-order valence-corrected chi connectivity index (χ2v) is 3.71. The molecule has 1 aromatic rings. The molecule has 0 saturated carbocycles. The molecule has 1 atom stereocenters. The summed E-state index contributed by atoms with van der Waals surface area (Å²) in [4.78, 5) is 10.5. The van der Waals surface area contributed by atoms with Gasteiger partial charge >= 0.3 is 0 Å². The van der Waals surface area contributed by atoms with Crippen molar-refractivity contribution in [2.75, 3.05) is 5.73 Å². The zero-order chi connectivity index (χ0) is 10.0. The maximum absolute atomic E-state index is 11.0. The third kappa shape index (κ3) is 2.21. The largest absolute Gasteiger partial charge is 0.508 e. The molecule has 3 N–H and O–H groups in total. The molecule has 1 unspecified atom stereocenters. The van der Waals surface area contributed by atoms with E-state index in [1.807, 2.05) is 0 Å². The Morgan fingerprint density at radius 3 is 2.77 bits per heavy atom. The number of halogens is 1. The average Bonchev–Trinajstić information content (AvgIpc) is 2.08. The Morgan fingerprint density at radius 1 is 1.62 bits per heavy atom. The second-order valence-electron chi connectivity index (χ2n) is 2.79. The molecule has 0 spiro atoms. The van der Waals surface area contributed by atoms with Crippen LogP contribution in [0, 0.1) is 0 Å². The lowest BCUT2D eigenvalue weighted by molar-refractivity contribution is -0.116. The Kier molecular flexibility index (Phi) is 2.93. The molecule has 1 aromatic carbocycles.